The molecule has 1 fully saturated rings. The molecule has 1 aromatic heterocycles. The molecule has 0 spiro atoms. The highest BCUT2D eigenvalue weighted by molar-refractivity contribution is 7.13. The van der Waals surface area contributed by atoms with Crippen molar-refractivity contribution in [2.45, 2.75) is 72.6 Å². The number of aromatic nitrogens is 2. The van der Waals surface area contributed by atoms with Crippen molar-refractivity contribution < 1.29 is 4.74 Å². The van der Waals surface area contributed by atoms with Crippen LogP contribution in [-0.4, -0.2) is 22.3 Å². The van der Waals surface area contributed by atoms with Crippen LogP contribution in [0.5, 0.6) is 5.19 Å². The Morgan fingerprint density at radius 2 is 2.00 bits per heavy atom. The lowest BCUT2D eigenvalue weighted by Gasteiger charge is -2.36. The van der Waals surface area contributed by atoms with Gasteiger partial charge in [0, 0.05) is 6.04 Å². The van der Waals surface area contributed by atoms with Gasteiger partial charge in [-0.15, -0.1) is 5.10 Å². The fourth-order valence-electron chi connectivity index (χ4n) is 3.03. The van der Waals surface area contributed by atoms with E-state index in [-0.39, 0.29) is 0 Å². The molecule has 4 nitrogen and oxygen atoms in total. The van der Waals surface area contributed by atoms with Gasteiger partial charge < -0.3 is 10.1 Å². The van der Waals surface area contributed by atoms with E-state index in [1.807, 2.05) is 0 Å². The second-order valence-corrected chi connectivity index (χ2v) is 8.00. The van der Waals surface area contributed by atoms with Gasteiger partial charge in [0.25, 0.3) is 5.19 Å². The summed E-state index contributed by atoms with van der Waals surface area (Å²) < 4.78 is 6.20. The standard InChI is InChI=1S/C16H29N3OS/c1-10(2)13-7-6-12(5)8-14(13)20-16-19-18-15(21-16)9-17-11(3)4/h10-14,17H,6-9H2,1-5H3. The molecule has 1 aliphatic rings. The van der Waals surface area contributed by atoms with Gasteiger partial charge in [0.1, 0.15) is 11.1 Å². The smallest absolute Gasteiger partial charge is 0.294 e. The summed E-state index contributed by atoms with van der Waals surface area (Å²) in [6, 6.07) is 0.461. The van der Waals surface area contributed by atoms with Crippen LogP contribution < -0.4 is 10.1 Å². The lowest BCUT2D eigenvalue weighted by Crippen LogP contribution is -2.36. The first kappa shape index (κ1) is 16.7. The molecule has 0 amide bonds. The predicted molar refractivity (Wildman–Crippen MR) is 87.6 cm³/mol. The van der Waals surface area contributed by atoms with E-state index in [0.717, 1.165) is 29.1 Å². The van der Waals surface area contributed by atoms with E-state index in [1.54, 1.807) is 11.3 Å². The minimum atomic E-state index is 0.299. The van der Waals surface area contributed by atoms with E-state index in [4.69, 9.17) is 4.74 Å². The topological polar surface area (TPSA) is 47.0 Å². The van der Waals surface area contributed by atoms with E-state index in [9.17, 15) is 0 Å². The highest BCUT2D eigenvalue weighted by Crippen LogP contribution is 2.36. The zero-order chi connectivity index (χ0) is 15.4. The predicted octanol–water partition coefficient (Wildman–Crippen LogP) is 3.88. The van der Waals surface area contributed by atoms with Crippen molar-refractivity contribution >= 4 is 11.3 Å². The molecule has 1 saturated carbocycles. The lowest BCUT2D eigenvalue weighted by molar-refractivity contribution is 0.0453. The number of nitrogens with one attached hydrogen (secondary N) is 1. The summed E-state index contributed by atoms with van der Waals surface area (Å²) >= 11 is 1.58. The largest absolute Gasteiger partial charge is 0.465 e. The second kappa shape index (κ2) is 7.54. The SMILES string of the molecule is CC1CCC(C(C)C)C(Oc2nnc(CNC(C)C)s2)C1. The van der Waals surface area contributed by atoms with E-state index in [0.29, 0.717) is 24.0 Å². The van der Waals surface area contributed by atoms with Gasteiger partial charge in [0.2, 0.25) is 0 Å². The van der Waals surface area contributed by atoms with E-state index in [1.165, 1.54) is 12.8 Å². The van der Waals surface area contributed by atoms with Crippen LogP contribution in [0.4, 0.5) is 0 Å². The van der Waals surface area contributed by atoms with Crippen LogP contribution >= 0.6 is 11.3 Å². The molecule has 21 heavy (non-hydrogen) atoms. The fourth-order valence-corrected chi connectivity index (χ4v) is 3.72. The minimum Gasteiger partial charge on any atom is -0.465 e. The molecule has 1 N–H and O–H groups in total. The Morgan fingerprint density at radius 3 is 2.67 bits per heavy atom. The van der Waals surface area contributed by atoms with Gasteiger partial charge in [-0.05, 0) is 30.6 Å². The molecular weight excluding hydrogens is 282 g/mol. The molecule has 1 heterocycles. The summed E-state index contributed by atoms with van der Waals surface area (Å²) in [4.78, 5) is 0. The first-order valence-electron chi connectivity index (χ1n) is 8.18. The normalized spacial score (nSPS) is 26.5. The maximum atomic E-state index is 6.20. The van der Waals surface area contributed by atoms with E-state index < -0.39 is 0 Å². The van der Waals surface area contributed by atoms with Crippen molar-refractivity contribution in [2.75, 3.05) is 0 Å². The Bertz CT molecular complexity index is 433. The van der Waals surface area contributed by atoms with Crippen molar-refractivity contribution in [3.63, 3.8) is 0 Å². The number of hydrogen-bond acceptors (Lipinski definition) is 5. The monoisotopic (exact) mass is 311 g/mol. The molecule has 1 aromatic rings. The van der Waals surface area contributed by atoms with Crippen LogP contribution in [0.3, 0.4) is 0 Å². The van der Waals surface area contributed by atoms with Gasteiger partial charge in [0.05, 0.1) is 6.54 Å². The Labute approximate surface area is 132 Å². The van der Waals surface area contributed by atoms with Crippen molar-refractivity contribution in [3.8, 4) is 5.19 Å². The average Bonchev–Trinajstić information content (AvgIpc) is 2.83. The van der Waals surface area contributed by atoms with Crippen molar-refractivity contribution in [2.24, 2.45) is 17.8 Å². The summed E-state index contributed by atoms with van der Waals surface area (Å²) in [6.07, 6.45) is 4.03. The number of ether oxygens (including phenoxy) is 1. The van der Waals surface area contributed by atoms with Gasteiger partial charge in [0.15, 0.2) is 0 Å². The van der Waals surface area contributed by atoms with Crippen molar-refractivity contribution in [3.05, 3.63) is 5.01 Å². The van der Waals surface area contributed by atoms with Crippen molar-refractivity contribution in [1.82, 2.24) is 15.5 Å². The summed E-state index contributed by atoms with van der Waals surface area (Å²) in [5.41, 5.74) is 0. The molecule has 1 aliphatic carbocycles. The molecule has 0 aliphatic heterocycles. The first-order chi connectivity index (χ1) is 9.95. The minimum absolute atomic E-state index is 0.299. The van der Waals surface area contributed by atoms with Crippen LogP contribution in [0.15, 0.2) is 0 Å². The Hall–Kier alpha value is -0.680. The van der Waals surface area contributed by atoms with Gasteiger partial charge in [-0.1, -0.05) is 57.5 Å². The van der Waals surface area contributed by atoms with Crippen molar-refractivity contribution in [1.29, 1.82) is 0 Å². The third-order valence-electron chi connectivity index (χ3n) is 4.32. The molecule has 5 heteroatoms. The first-order valence-corrected chi connectivity index (χ1v) is 8.99. The zero-order valence-electron chi connectivity index (χ0n) is 13.9. The summed E-state index contributed by atoms with van der Waals surface area (Å²) in [6.45, 7) is 12.0. The maximum Gasteiger partial charge on any atom is 0.294 e. The average molecular weight is 311 g/mol. The maximum absolute atomic E-state index is 6.20. The molecule has 2 rings (SSSR count). The third kappa shape index (κ3) is 4.92. The Morgan fingerprint density at radius 1 is 1.24 bits per heavy atom. The van der Waals surface area contributed by atoms with Crippen LogP contribution in [0.25, 0.3) is 0 Å². The molecule has 0 bridgehead atoms. The molecule has 3 atom stereocenters. The molecule has 0 aromatic carbocycles. The highest BCUT2D eigenvalue weighted by atomic mass is 32.1. The van der Waals surface area contributed by atoms with Gasteiger partial charge in [-0.25, -0.2) is 0 Å². The van der Waals surface area contributed by atoms with Crippen LogP contribution in [0.2, 0.25) is 0 Å². The van der Waals surface area contributed by atoms with Crippen LogP contribution in [0.1, 0.15) is 58.9 Å². The van der Waals surface area contributed by atoms with Gasteiger partial charge in [-0.3, -0.25) is 0 Å². The number of hydrogen-bond donors (Lipinski definition) is 1. The number of nitrogens with zero attached hydrogens (tertiary/aromatic N) is 2. The van der Waals surface area contributed by atoms with Crippen LogP contribution in [-0.2, 0) is 6.54 Å². The highest BCUT2D eigenvalue weighted by Gasteiger charge is 2.32. The van der Waals surface area contributed by atoms with Gasteiger partial charge in [-0.2, -0.15) is 0 Å². The number of rotatable bonds is 6. The molecular formula is C16H29N3OS. The summed E-state index contributed by atoms with van der Waals surface area (Å²) in [7, 11) is 0. The Balaban J connectivity index is 1.95. The zero-order valence-corrected chi connectivity index (χ0v) is 14.7. The fraction of sp³-hybridized carbons (Fsp3) is 0.875. The van der Waals surface area contributed by atoms with Gasteiger partial charge >= 0.3 is 0 Å². The molecule has 0 saturated heterocycles. The summed E-state index contributed by atoms with van der Waals surface area (Å²) in [5.74, 6) is 2.06. The Kier molecular flexibility index (Phi) is 5.99. The lowest BCUT2D eigenvalue weighted by atomic mass is 9.75. The quantitative estimate of drug-likeness (QED) is 0.866. The van der Waals surface area contributed by atoms with E-state index >= 15 is 0 Å². The second-order valence-electron chi connectivity index (χ2n) is 6.98. The third-order valence-corrected chi connectivity index (χ3v) is 5.14. The van der Waals surface area contributed by atoms with Crippen LogP contribution in [0, 0.1) is 17.8 Å². The van der Waals surface area contributed by atoms with E-state index in [2.05, 4.69) is 50.1 Å². The molecule has 0 radical (unpaired) electrons. The molecule has 120 valence electrons. The summed E-state index contributed by atoms with van der Waals surface area (Å²) in [5, 5.41) is 13.5. The molecule has 3 unspecified atom stereocenters.